The van der Waals surface area contributed by atoms with Gasteiger partial charge in [0.05, 0.1) is 6.61 Å². The average molecular weight is 284 g/mol. The first kappa shape index (κ1) is 16.1. The van der Waals surface area contributed by atoms with Crippen LogP contribution in [-0.4, -0.2) is 33.8 Å². The Morgan fingerprint density at radius 1 is 1.42 bits per heavy atom. The molecule has 0 spiro atoms. The van der Waals surface area contributed by atoms with Crippen molar-refractivity contribution in [1.29, 1.82) is 0 Å². The standard InChI is InChI=1S/C14H24O4Si/c1-6-17-13(15)12-8-7-10-14(16-2,11-9-12)18-19(3,4)5/h7,9-10H,6,8,11H2,1-5H3. The van der Waals surface area contributed by atoms with E-state index in [-0.39, 0.29) is 5.97 Å². The van der Waals surface area contributed by atoms with Crippen molar-refractivity contribution in [2.24, 2.45) is 0 Å². The van der Waals surface area contributed by atoms with E-state index >= 15 is 0 Å². The number of allylic oxidation sites excluding steroid dienone is 1. The lowest BCUT2D eigenvalue weighted by atomic mass is 10.1. The van der Waals surface area contributed by atoms with E-state index in [1.165, 1.54) is 0 Å². The van der Waals surface area contributed by atoms with Crippen molar-refractivity contribution in [3.05, 3.63) is 23.8 Å². The Morgan fingerprint density at radius 3 is 2.63 bits per heavy atom. The Kier molecular flexibility index (Phi) is 5.52. The van der Waals surface area contributed by atoms with Crippen LogP contribution >= 0.6 is 0 Å². The Labute approximate surface area is 116 Å². The molecule has 0 aromatic carbocycles. The van der Waals surface area contributed by atoms with Crippen molar-refractivity contribution < 1.29 is 18.7 Å². The molecule has 0 N–H and O–H groups in total. The number of rotatable bonds is 5. The Bertz CT molecular complexity index is 381. The SMILES string of the molecule is CCOC(=O)C1=CCC(OC)(O[Si](C)(C)C)C=CC1. The average Bonchev–Trinajstić information content (AvgIpc) is 2.51. The molecule has 0 heterocycles. The lowest BCUT2D eigenvalue weighted by molar-refractivity contribution is -0.138. The molecule has 0 fully saturated rings. The van der Waals surface area contributed by atoms with Crippen molar-refractivity contribution in [2.45, 2.75) is 45.2 Å². The minimum atomic E-state index is -1.75. The molecule has 1 aliphatic carbocycles. The molecule has 0 saturated carbocycles. The fourth-order valence-electron chi connectivity index (χ4n) is 1.96. The summed E-state index contributed by atoms with van der Waals surface area (Å²) in [6.45, 7) is 8.53. The predicted octanol–water partition coefficient (Wildman–Crippen LogP) is 3.02. The first-order chi connectivity index (χ1) is 8.82. The van der Waals surface area contributed by atoms with Gasteiger partial charge in [0, 0.05) is 19.1 Å². The molecular weight excluding hydrogens is 260 g/mol. The highest BCUT2D eigenvalue weighted by molar-refractivity contribution is 6.69. The zero-order valence-electron chi connectivity index (χ0n) is 12.5. The van der Waals surface area contributed by atoms with Crippen molar-refractivity contribution >= 4 is 14.3 Å². The van der Waals surface area contributed by atoms with Crippen LogP contribution in [0, 0.1) is 0 Å². The Morgan fingerprint density at radius 2 is 2.11 bits per heavy atom. The largest absolute Gasteiger partial charge is 0.463 e. The summed E-state index contributed by atoms with van der Waals surface area (Å²) < 4.78 is 16.7. The molecular formula is C14H24O4Si. The van der Waals surface area contributed by atoms with Gasteiger partial charge in [0.2, 0.25) is 0 Å². The molecule has 0 aliphatic heterocycles. The Hall–Kier alpha value is -0.913. The second-order valence-electron chi connectivity index (χ2n) is 5.49. The molecule has 1 atom stereocenters. The minimum Gasteiger partial charge on any atom is -0.463 e. The quantitative estimate of drug-likeness (QED) is 0.337. The van der Waals surface area contributed by atoms with Gasteiger partial charge in [-0.2, -0.15) is 0 Å². The Balaban J connectivity index is 2.87. The fourth-order valence-corrected chi connectivity index (χ4v) is 3.23. The molecule has 0 radical (unpaired) electrons. The van der Waals surface area contributed by atoms with E-state index in [9.17, 15) is 4.79 Å². The molecule has 4 nitrogen and oxygen atoms in total. The maximum absolute atomic E-state index is 11.7. The highest BCUT2D eigenvalue weighted by Gasteiger charge is 2.34. The van der Waals surface area contributed by atoms with Crippen LogP contribution in [0.5, 0.6) is 0 Å². The van der Waals surface area contributed by atoms with Crippen LogP contribution < -0.4 is 0 Å². The van der Waals surface area contributed by atoms with Gasteiger partial charge >= 0.3 is 5.97 Å². The third-order valence-electron chi connectivity index (χ3n) is 2.70. The predicted molar refractivity (Wildman–Crippen MR) is 77.3 cm³/mol. The summed E-state index contributed by atoms with van der Waals surface area (Å²) in [6, 6.07) is 0. The van der Waals surface area contributed by atoms with Crippen LogP contribution in [0.15, 0.2) is 23.8 Å². The summed E-state index contributed by atoms with van der Waals surface area (Å²) in [5.74, 6) is -1.01. The lowest BCUT2D eigenvalue weighted by Gasteiger charge is -2.34. The molecule has 1 aliphatic rings. The van der Waals surface area contributed by atoms with Crippen LogP contribution in [0.3, 0.4) is 0 Å². The number of carbonyl (C=O) groups is 1. The second-order valence-corrected chi connectivity index (χ2v) is 9.92. The summed E-state index contributed by atoms with van der Waals surface area (Å²) in [6.07, 6.45) is 6.77. The van der Waals surface area contributed by atoms with Gasteiger partial charge in [-0.05, 0) is 39.1 Å². The van der Waals surface area contributed by atoms with Crippen molar-refractivity contribution in [2.75, 3.05) is 13.7 Å². The number of esters is 1. The number of hydrogen-bond donors (Lipinski definition) is 0. The molecule has 5 heteroatoms. The van der Waals surface area contributed by atoms with E-state index < -0.39 is 14.1 Å². The van der Waals surface area contributed by atoms with Crippen LogP contribution in [0.2, 0.25) is 19.6 Å². The lowest BCUT2D eigenvalue weighted by Crippen LogP contribution is -2.42. The summed E-state index contributed by atoms with van der Waals surface area (Å²) in [5, 5.41) is 0. The van der Waals surface area contributed by atoms with E-state index in [1.54, 1.807) is 14.0 Å². The van der Waals surface area contributed by atoms with Gasteiger partial charge in [-0.1, -0.05) is 12.2 Å². The number of ether oxygens (including phenoxy) is 2. The first-order valence-electron chi connectivity index (χ1n) is 6.61. The zero-order chi connectivity index (χ0) is 14.5. The van der Waals surface area contributed by atoms with Gasteiger partial charge in [-0.15, -0.1) is 0 Å². The van der Waals surface area contributed by atoms with Gasteiger partial charge in [-0.25, -0.2) is 4.79 Å². The first-order valence-corrected chi connectivity index (χ1v) is 10.0. The minimum absolute atomic E-state index is 0.257. The van der Waals surface area contributed by atoms with E-state index in [0.717, 1.165) is 0 Å². The van der Waals surface area contributed by atoms with Crippen molar-refractivity contribution in [3.63, 3.8) is 0 Å². The normalized spacial score (nSPS) is 23.7. The molecule has 0 saturated heterocycles. The van der Waals surface area contributed by atoms with Crippen LogP contribution in [0.25, 0.3) is 0 Å². The monoisotopic (exact) mass is 284 g/mol. The second kappa shape index (κ2) is 6.50. The van der Waals surface area contributed by atoms with E-state index in [0.29, 0.717) is 25.0 Å². The summed E-state index contributed by atoms with van der Waals surface area (Å²) in [7, 11) is -0.114. The number of hydrogen-bond acceptors (Lipinski definition) is 4. The molecule has 0 amide bonds. The molecule has 1 rings (SSSR count). The van der Waals surface area contributed by atoms with Gasteiger partial charge in [0.15, 0.2) is 14.1 Å². The molecule has 108 valence electrons. The topological polar surface area (TPSA) is 44.8 Å². The molecule has 1 unspecified atom stereocenters. The maximum Gasteiger partial charge on any atom is 0.333 e. The number of methoxy groups -OCH3 is 1. The van der Waals surface area contributed by atoms with Crippen molar-refractivity contribution in [3.8, 4) is 0 Å². The summed E-state index contributed by atoms with van der Waals surface area (Å²) >= 11 is 0. The van der Waals surface area contributed by atoms with E-state index in [1.807, 2.05) is 18.2 Å². The van der Waals surface area contributed by atoms with Gasteiger partial charge in [-0.3, -0.25) is 0 Å². The molecule has 0 aromatic rings. The van der Waals surface area contributed by atoms with Crippen LogP contribution in [0.1, 0.15) is 19.8 Å². The third kappa shape index (κ3) is 4.93. The van der Waals surface area contributed by atoms with E-state index in [4.69, 9.17) is 13.9 Å². The smallest absolute Gasteiger partial charge is 0.333 e. The van der Waals surface area contributed by atoms with Gasteiger partial charge in [0.1, 0.15) is 0 Å². The van der Waals surface area contributed by atoms with Gasteiger partial charge in [0.25, 0.3) is 0 Å². The fraction of sp³-hybridized carbons (Fsp3) is 0.643. The third-order valence-corrected chi connectivity index (χ3v) is 3.66. The summed E-state index contributed by atoms with van der Waals surface area (Å²) in [4.78, 5) is 11.7. The highest BCUT2D eigenvalue weighted by Crippen LogP contribution is 2.29. The van der Waals surface area contributed by atoms with Crippen LogP contribution in [0.4, 0.5) is 0 Å². The molecule has 19 heavy (non-hydrogen) atoms. The van der Waals surface area contributed by atoms with Crippen LogP contribution in [-0.2, 0) is 18.7 Å². The summed E-state index contributed by atoms with van der Waals surface area (Å²) in [5.41, 5.74) is 0.663. The van der Waals surface area contributed by atoms with Crippen molar-refractivity contribution in [1.82, 2.24) is 0 Å². The van der Waals surface area contributed by atoms with Gasteiger partial charge < -0.3 is 13.9 Å². The molecule has 0 bridgehead atoms. The molecule has 0 aromatic heterocycles. The maximum atomic E-state index is 11.7. The zero-order valence-corrected chi connectivity index (χ0v) is 13.5. The number of carbonyl (C=O) groups excluding carboxylic acids is 1. The highest BCUT2D eigenvalue weighted by atomic mass is 28.4. The van der Waals surface area contributed by atoms with E-state index in [2.05, 4.69) is 19.6 Å².